The summed E-state index contributed by atoms with van der Waals surface area (Å²) in [7, 11) is 0. The summed E-state index contributed by atoms with van der Waals surface area (Å²) in [6, 6.07) is 8.52. The van der Waals surface area contributed by atoms with Gasteiger partial charge in [-0.2, -0.15) is 5.26 Å². The number of nitrogens with zero attached hydrogens (tertiary/aromatic N) is 1. The molecule has 0 radical (unpaired) electrons. The topological polar surface area (TPSA) is 35.8 Å². The lowest BCUT2D eigenvalue weighted by atomic mass is 10.2. The molecule has 0 bridgehead atoms. The lowest BCUT2D eigenvalue weighted by Crippen LogP contribution is -1.96. The van der Waals surface area contributed by atoms with Gasteiger partial charge in [0, 0.05) is 10.7 Å². The van der Waals surface area contributed by atoms with Crippen molar-refractivity contribution in [2.24, 2.45) is 0 Å². The summed E-state index contributed by atoms with van der Waals surface area (Å²) >= 11 is 8.70. The lowest BCUT2D eigenvalue weighted by molar-refractivity contribution is 0.623. The standard InChI is InChI=1S/C13H6BrClF2N2/c14-12-7(6-18)1-2-11(13(12)17)19-10-4-8(15)3-9(16)5-10/h1-5,19H. The van der Waals surface area contributed by atoms with E-state index < -0.39 is 11.6 Å². The Morgan fingerprint density at radius 3 is 2.58 bits per heavy atom. The highest BCUT2D eigenvalue weighted by Crippen LogP contribution is 2.29. The molecule has 0 aliphatic rings. The zero-order valence-electron chi connectivity index (χ0n) is 9.35. The Bertz CT molecular complexity index is 663. The third kappa shape index (κ3) is 3.03. The van der Waals surface area contributed by atoms with E-state index >= 15 is 0 Å². The van der Waals surface area contributed by atoms with Crippen molar-refractivity contribution in [2.45, 2.75) is 0 Å². The minimum absolute atomic E-state index is 0.0579. The van der Waals surface area contributed by atoms with Gasteiger partial charge in [0.25, 0.3) is 0 Å². The quantitative estimate of drug-likeness (QED) is 0.833. The minimum atomic E-state index is -0.626. The van der Waals surface area contributed by atoms with E-state index in [1.54, 1.807) is 0 Å². The molecular weight excluding hydrogens is 338 g/mol. The predicted octanol–water partition coefficient (Wildman–Crippen LogP) is 5.00. The summed E-state index contributed by atoms with van der Waals surface area (Å²) < 4.78 is 27.2. The highest BCUT2D eigenvalue weighted by Gasteiger charge is 2.11. The predicted molar refractivity (Wildman–Crippen MR) is 73.5 cm³/mol. The Kier molecular flexibility index (Phi) is 4.03. The highest BCUT2D eigenvalue weighted by atomic mass is 79.9. The third-order valence-corrected chi connectivity index (χ3v) is 3.34. The molecule has 0 saturated heterocycles. The number of nitriles is 1. The van der Waals surface area contributed by atoms with E-state index in [0.717, 1.165) is 6.07 Å². The van der Waals surface area contributed by atoms with Crippen LogP contribution in [0.1, 0.15) is 5.56 Å². The molecule has 0 saturated carbocycles. The van der Waals surface area contributed by atoms with Crippen LogP contribution in [0.5, 0.6) is 0 Å². The van der Waals surface area contributed by atoms with Crippen LogP contribution in [0.15, 0.2) is 34.8 Å². The third-order valence-electron chi connectivity index (χ3n) is 2.34. The van der Waals surface area contributed by atoms with Gasteiger partial charge in [-0.25, -0.2) is 8.78 Å². The molecule has 19 heavy (non-hydrogen) atoms. The Hall–Kier alpha value is -1.64. The van der Waals surface area contributed by atoms with Gasteiger partial charge in [0.2, 0.25) is 0 Å². The number of rotatable bonds is 2. The molecule has 0 amide bonds. The van der Waals surface area contributed by atoms with Gasteiger partial charge >= 0.3 is 0 Å². The summed E-state index contributed by atoms with van der Waals surface area (Å²) in [5, 5.41) is 11.7. The van der Waals surface area contributed by atoms with Crippen molar-refractivity contribution in [1.82, 2.24) is 0 Å². The van der Waals surface area contributed by atoms with E-state index in [4.69, 9.17) is 16.9 Å². The summed E-state index contributed by atoms with van der Waals surface area (Å²) in [6.07, 6.45) is 0. The Morgan fingerprint density at radius 2 is 1.95 bits per heavy atom. The maximum absolute atomic E-state index is 13.9. The van der Waals surface area contributed by atoms with E-state index in [0.29, 0.717) is 5.69 Å². The van der Waals surface area contributed by atoms with Gasteiger partial charge in [0.15, 0.2) is 5.82 Å². The maximum Gasteiger partial charge on any atom is 0.162 e. The maximum atomic E-state index is 13.9. The molecule has 2 aromatic rings. The summed E-state index contributed by atoms with van der Waals surface area (Å²) in [6.45, 7) is 0. The van der Waals surface area contributed by atoms with Crippen LogP contribution in [0.4, 0.5) is 20.2 Å². The van der Waals surface area contributed by atoms with Crippen molar-refractivity contribution >= 4 is 38.9 Å². The second kappa shape index (κ2) is 5.55. The molecule has 2 rings (SSSR count). The van der Waals surface area contributed by atoms with E-state index in [-0.39, 0.29) is 20.7 Å². The molecular formula is C13H6BrClF2N2. The first-order valence-corrected chi connectivity index (χ1v) is 6.29. The normalized spacial score (nSPS) is 10.1. The van der Waals surface area contributed by atoms with Crippen molar-refractivity contribution < 1.29 is 8.78 Å². The zero-order chi connectivity index (χ0) is 14.0. The second-order valence-electron chi connectivity index (χ2n) is 3.68. The number of hydrogen-bond donors (Lipinski definition) is 1. The summed E-state index contributed by atoms with van der Waals surface area (Å²) in [5.41, 5.74) is 0.619. The van der Waals surface area contributed by atoms with Crippen molar-refractivity contribution in [3.8, 4) is 6.07 Å². The van der Waals surface area contributed by atoms with Crippen LogP contribution < -0.4 is 5.32 Å². The van der Waals surface area contributed by atoms with Crippen LogP contribution in [-0.4, -0.2) is 0 Å². The average molecular weight is 344 g/mol. The molecule has 0 aliphatic carbocycles. The first-order valence-electron chi connectivity index (χ1n) is 5.12. The van der Waals surface area contributed by atoms with Crippen molar-refractivity contribution in [2.75, 3.05) is 5.32 Å². The van der Waals surface area contributed by atoms with Gasteiger partial charge in [-0.3, -0.25) is 0 Å². The number of benzene rings is 2. The molecule has 2 nitrogen and oxygen atoms in total. The van der Waals surface area contributed by atoms with Crippen LogP contribution in [0.25, 0.3) is 0 Å². The van der Waals surface area contributed by atoms with Crippen LogP contribution in [0.3, 0.4) is 0 Å². The average Bonchev–Trinajstić information content (AvgIpc) is 2.34. The van der Waals surface area contributed by atoms with Crippen molar-refractivity contribution in [1.29, 1.82) is 5.26 Å². The van der Waals surface area contributed by atoms with Crippen LogP contribution in [-0.2, 0) is 0 Å². The number of nitrogens with one attached hydrogen (secondary N) is 1. The van der Waals surface area contributed by atoms with Crippen molar-refractivity contribution in [3.63, 3.8) is 0 Å². The smallest absolute Gasteiger partial charge is 0.162 e. The molecule has 0 heterocycles. The van der Waals surface area contributed by atoms with Crippen molar-refractivity contribution in [3.05, 3.63) is 57.0 Å². The molecule has 0 spiro atoms. The Balaban J connectivity index is 2.39. The molecule has 0 unspecified atom stereocenters. The second-order valence-corrected chi connectivity index (χ2v) is 4.91. The van der Waals surface area contributed by atoms with Crippen LogP contribution >= 0.6 is 27.5 Å². The molecule has 96 valence electrons. The van der Waals surface area contributed by atoms with Crippen LogP contribution in [0, 0.1) is 23.0 Å². The van der Waals surface area contributed by atoms with Gasteiger partial charge in [-0.1, -0.05) is 11.6 Å². The monoisotopic (exact) mass is 342 g/mol. The fourth-order valence-electron chi connectivity index (χ4n) is 1.51. The zero-order valence-corrected chi connectivity index (χ0v) is 11.7. The molecule has 6 heteroatoms. The van der Waals surface area contributed by atoms with Gasteiger partial charge in [-0.05, 0) is 46.3 Å². The molecule has 2 aromatic carbocycles. The Morgan fingerprint density at radius 1 is 1.21 bits per heavy atom. The van der Waals surface area contributed by atoms with E-state index in [9.17, 15) is 8.78 Å². The fraction of sp³-hybridized carbons (Fsp3) is 0. The first kappa shape index (κ1) is 13.8. The van der Waals surface area contributed by atoms with Gasteiger partial charge in [-0.15, -0.1) is 0 Å². The van der Waals surface area contributed by atoms with Gasteiger partial charge in [0.1, 0.15) is 11.9 Å². The van der Waals surface area contributed by atoms with Crippen LogP contribution in [0.2, 0.25) is 5.02 Å². The largest absolute Gasteiger partial charge is 0.353 e. The minimum Gasteiger partial charge on any atom is -0.353 e. The Labute approximate surface area is 121 Å². The number of halogens is 4. The fourth-order valence-corrected chi connectivity index (χ4v) is 2.17. The molecule has 0 aromatic heterocycles. The van der Waals surface area contributed by atoms with E-state index in [1.165, 1.54) is 24.3 Å². The number of hydrogen-bond acceptors (Lipinski definition) is 2. The van der Waals surface area contributed by atoms with E-state index in [1.807, 2.05) is 6.07 Å². The highest BCUT2D eigenvalue weighted by molar-refractivity contribution is 9.10. The summed E-state index contributed by atoms with van der Waals surface area (Å²) in [4.78, 5) is 0. The van der Waals surface area contributed by atoms with E-state index in [2.05, 4.69) is 21.2 Å². The molecule has 0 atom stereocenters. The lowest BCUT2D eigenvalue weighted by Gasteiger charge is -2.10. The summed E-state index contributed by atoms with van der Waals surface area (Å²) in [5.74, 6) is -1.15. The number of anilines is 2. The van der Waals surface area contributed by atoms with Gasteiger partial charge in [0.05, 0.1) is 15.7 Å². The molecule has 0 fully saturated rings. The first-order chi connectivity index (χ1) is 9.01. The van der Waals surface area contributed by atoms with Gasteiger partial charge < -0.3 is 5.32 Å². The molecule has 0 aliphatic heterocycles. The molecule has 1 N–H and O–H groups in total. The SMILES string of the molecule is N#Cc1ccc(Nc2cc(F)cc(Cl)c2)c(F)c1Br.